The molecule has 1 unspecified atom stereocenters. The smallest absolute Gasteiger partial charge is 0.243 e. The second-order valence-electron chi connectivity index (χ2n) is 4.35. The second-order valence-corrected chi connectivity index (χ2v) is 7.39. The van der Waals surface area contributed by atoms with Gasteiger partial charge in [-0.1, -0.05) is 12.1 Å². The Hall–Kier alpha value is -0.560. The number of aliphatic hydroxyl groups excluding tert-OH is 1. The van der Waals surface area contributed by atoms with Crippen LogP contribution in [0.1, 0.15) is 12.5 Å². The van der Waals surface area contributed by atoms with E-state index in [0.717, 1.165) is 11.5 Å². The minimum Gasteiger partial charge on any atom is -0.392 e. The summed E-state index contributed by atoms with van der Waals surface area (Å²) in [4.78, 5) is 0.271. The van der Waals surface area contributed by atoms with E-state index in [4.69, 9.17) is 5.11 Å². The molecule has 0 saturated carbocycles. The monoisotopic (exact) mass is 287 g/mol. The number of nitrogens with zero attached hydrogens (tertiary/aromatic N) is 1. The number of sulfonamides is 1. The van der Waals surface area contributed by atoms with Crippen molar-refractivity contribution in [2.24, 2.45) is 0 Å². The SMILES string of the molecule is CC1CSCCN1S(=O)(=O)c1cccc(CO)c1. The van der Waals surface area contributed by atoms with Gasteiger partial charge < -0.3 is 5.11 Å². The lowest BCUT2D eigenvalue weighted by Crippen LogP contribution is -2.44. The van der Waals surface area contributed by atoms with E-state index in [1.54, 1.807) is 40.3 Å². The topological polar surface area (TPSA) is 57.6 Å². The van der Waals surface area contributed by atoms with Gasteiger partial charge >= 0.3 is 0 Å². The maximum atomic E-state index is 12.5. The molecule has 1 aliphatic heterocycles. The van der Waals surface area contributed by atoms with Gasteiger partial charge in [0.1, 0.15) is 0 Å². The van der Waals surface area contributed by atoms with Gasteiger partial charge in [0, 0.05) is 24.1 Å². The molecule has 1 N–H and O–H groups in total. The zero-order valence-electron chi connectivity index (χ0n) is 10.2. The molecule has 0 bridgehead atoms. The van der Waals surface area contributed by atoms with Crippen molar-refractivity contribution in [2.75, 3.05) is 18.1 Å². The number of rotatable bonds is 3. The quantitative estimate of drug-likeness (QED) is 0.910. The Morgan fingerprint density at radius 1 is 1.50 bits per heavy atom. The van der Waals surface area contributed by atoms with E-state index in [-0.39, 0.29) is 17.5 Å². The molecule has 1 aliphatic rings. The maximum absolute atomic E-state index is 12.5. The van der Waals surface area contributed by atoms with Crippen LogP contribution >= 0.6 is 11.8 Å². The summed E-state index contributed by atoms with van der Waals surface area (Å²) in [5, 5.41) is 9.08. The van der Waals surface area contributed by atoms with Gasteiger partial charge in [0.25, 0.3) is 0 Å². The summed E-state index contributed by atoms with van der Waals surface area (Å²) in [7, 11) is -3.43. The zero-order valence-corrected chi connectivity index (χ0v) is 11.9. The minimum atomic E-state index is -3.43. The Bertz CT molecular complexity index is 516. The molecule has 1 fully saturated rings. The molecule has 0 aromatic heterocycles. The molecule has 1 heterocycles. The summed E-state index contributed by atoms with van der Waals surface area (Å²) in [6.07, 6.45) is 0. The lowest BCUT2D eigenvalue weighted by molar-refractivity contribution is 0.281. The Balaban J connectivity index is 2.34. The highest BCUT2D eigenvalue weighted by Gasteiger charge is 2.31. The van der Waals surface area contributed by atoms with Crippen LogP contribution in [0, 0.1) is 0 Å². The molecule has 1 aromatic rings. The van der Waals surface area contributed by atoms with Crippen LogP contribution in [0.15, 0.2) is 29.2 Å². The number of aliphatic hydroxyl groups is 1. The molecule has 4 nitrogen and oxygen atoms in total. The van der Waals surface area contributed by atoms with Crippen LogP contribution in [0.4, 0.5) is 0 Å². The number of hydrogen-bond acceptors (Lipinski definition) is 4. The maximum Gasteiger partial charge on any atom is 0.243 e. The van der Waals surface area contributed by atoms with E-state index in [1.807, 2.05) is 6.92 Å². The highest BCUT2D eigenvalue weighted by Crippen LogP contribution is 2.24. The van der Waals surface area contributed by atoms with Gasteiger partial charge in [-0.05, 0) is 24.6 Å². The average Bonchev–Trinajstić information content (AvgIpc) is 2.39. The van der Waals surface area contributed by atoms with Gasteiger partial charge in [-0.3, -0.25) is 0 Å². The summed E-state index contributed by atoms with van der Waals surface area (Å²) in [5.41, 5.74) is 0.620. The van der Waals surface area contributed by atoms with Crippen LogP contribution in [0.25, 0.3) is 0 Å². The van der Waals surface area contributed by atoms with Gasteiger partial charge in [0.2, 0.25) is 10.0 Å². The Morgan fingerprint density at radius 3 is 2.94 bits per heavy atom. The lowest BCUT2D eigenvalue weighted by Gasteiger charge is -2.32. The zero-order chi connectivity index (χ0) is 13.2. The van der Waals surface area contributed by atoms with Crippen LogP contribution in [-0.4, -0.2) is 41.9 Å². The van der Waals surface area contributed by atoms with Crippen LogP contribution in [0.5, 0.6) is 0 Å². The molecule has 1 saturated heterocycles. The van der Waals surface area contributed by atoms with Crippen molar-refractivity contribution in [3.63, 3.8) is 0 Å². The van der Waals surface area contributed by atoms with Gasteiger partial charge in [0.15, 0.2) is 0 Å². The van der Waals surface area contributed by atoms with Crippen LogP contribution in [0.3, 0.4) is 0 Å². The Labute approximate surface area is 112 Å². The standard InChI is InChI=1S/C12H17NO3S2/c1-10-9-17-6-5-13(10)18(15,16)12-4-2-3-11(7-12)8-14/h2-4,7,10,14H,5-6,8-9H2,1H3. The van der Waals surface area contributed by atoms with Crippen molar-refractivity contribution < 1.29 is 13.5 Å². The number of hydrogen-bond donors (Lipinski definition) is 1. The number of thioether (sulfide) groups is 1. The fourth-order valence-electron chi connectivity index (χ4n) is 2.01. The van der Waals surface area contributed by atoms with E-state index < -0.39 is 10.0 Å². The Morgan fingerprint density at radius 2 is 2.28 bits per heavy atom. The van der Waals surface area contributed by atoms with Crippen molar-refractivity contribution >= 4 is 21.8 Å². The summed E-state index contributed by atoms with van der Waals surface area (Å²) in [6, 6.07) is 6.54. The van der Waals surface area contributed by atoms with E-state index >= 15 is 0 Å². The third kappa shape index (κ3) is 2.71. The van der Waals surface area contributed by atoms with E-state index in [0.29, 0.717) is 12.1 Å². The van der Waals surface area contributed by atoms with Crippen molar-refractivity contribution in [3.8, 4) is 0 Å². The average molecular weight is 287 g/mol. The highest BCUT2D eigenvalue weighted by molar-refractivity contribution is 7.99. The molecule has 0 radical (unpaired) electrons. The summed E-state index contributed by atoms with van der Waals surface area (Å²) in [6.45, 7) is 2.34. The fraction of sp³-hybridized carbons (Fsp3) is 0.500. The molecular weight excluding hydrogens is 270 g/mol. The first-order valence-corrected chi connectivity index (χ1v) is 8.44. The molecule has 2 rings (SSSR count). The number of benzene rings is 1. The first kappa shape index (κ1) is 13.9. The molecule has 0 aliphatic carbocycles. The van der Waals surface area contributed by atoms with Gasteiger partial charge in [0.05, 0.1) is 11.5 Å². The molecule has 0 spiro atoms. The molecule has 6 heteroatoms. The molecule has 1 aromatic carbocycles. The van der Waals surface area contributed by atoms with E-state index in [2.05, 4.69) is 0 Å². The predicted octanol–water partition coefficient (Wildman–Crippen LogP) is 1.30. The molecule has 100 valence electrons. The largest absolute Gasteiger partial charge is 0.392 e. The van der Waals surface area contributed by atoms with Crippen molar-refractivity contribution in [1.82, 2.24) is 4.31 Å². The third-order valence-electron chi connectivity index (χ3n) is 2.99. The molecule has 18 heavy (non-hydrogen) atoms. The van der Waals surface area contributed by atoms with E-state index in [9.17, 15) is 8.42 Å². The van der Waals surface area contributed by atoms with Crippen molar-refractivity contribution in [2.45, 2.75) is 24.5 Å². The molecule has 0 amide bonds. The first-order chi connectivity index (χ1) is 8.55. The summed E-state index contributed by atoms with van der Waals surface area (Å²) in [5.74, 6) is 1.67. The van der Waals surface area contributed by atoms with Crippen molar-refractivity contribution in [1.29, 1.82) is 0 Å². The summed E-state index contributed by atoms with van der Waals surface area (Å²) < 4.78 is 26.6. The lowest BCUT2D eigenvalue weighted by atomic mass is 10.2. The molecule has 1 atom stereocenters. The van der Waals surface area contributed by atoms with Crippen LogP contribution < -0.4 is 0 Å². The predicted molar refractivity (Wildman–Crippen MR) is 73.0 cm³/mol. The second kappa shape index (κ2) is 5.61. The highest BCUT2D eigenvalue weighted by atomic mass is 32.2. The van der Waals surface area contributed by atoms with E-state index in [1.165, 1.54) is 0 Å². The molecular formula is C12H17NO3S2. The van der Waals surface area contributed by atoms with Crippen molar-refractivity contribution in [3.05, 3.63) is 29.8 Å². The first-order valence-electron chi connectivity index (χ1n) is 5.85. The van der Waals surface area contributed by atoms with Crippen LogP contribution in [0.2, 0.25) is 0 Å². The summed E-state index contributed by atoms with van der Waals surface area (Å²) >= 11 is 1.78. The van der Waals surface area contributed by atoms with Gasteiger partial charge in [-0.25, -0.2) is 8.42 Å². The van der Waals surface area contributed by atoms with Crippen LogP contribution in [-0.2, 0) is 16.6 Å². The van der Waals surface area contributed by atoms with Gasteiger partial charge in [-0.2, -0.15) is 16.1 Å². The normalized spacial score (nSPS) is 22.0. The third-order valence-corrected chi connectivity index (χ3v) is 6.19. The Kier molecular flexibility index (Phi) is 4.32. The fourth-order valence-corrected chi connectivity index (χ4v) is 4.93. The van der Waals surface area contributed by atoms with Gasteiger partial charge in [-0.15, -0.1) is 0 Å². The minimum absolute atomic E-state index is 0.0199.